The van der Waals surface area contributed by atoms with Crippen LogP contribution in [0.3, 0.4) is 0 Å². The van der Waals surface area contributed by atoms with E-state index in [0.717, 1.165) is 6.42 Å². The Balaban J connectivity index is 2.22. The van der Waals surface area contributed by atoms with Gasteiger partial charge in [-0.3, -0.25) is 0 Å². The number of rotatable bonds is 5. The first-order chi connectivity index (χ1) is 10.0. The second kappa shape index (κ2) is 6.48. The number of methoxy groups -OCH3 is 1. The zero-order valence-electron chi connectivity index (χ0n) is 12.5. The summed E-state index contributed by atoms with van der Waals surface area (Å²) in [5, 5.41) is 0. The lowest BCUT2D eigenvalue weighted by Gasteiger charge is -2.13. The third-order valence-corrected chi connectivity index (χ3v) is 3.57. The maximum absolute atomic E-state index is 13.5. The average molecular weight is 289 g/mol. The summed E-state index contributed by atoms with van der Waals surface area (Å²) in [7, 11) is 1.40. The minimum absolute atomic E-state index is 0.107. The number of nitrogens with two attached hydrogens (primary N) is 1. The van der Waals surface area contributed by atoms with Crippen LogP contribution in [0.25, 0.3) is 0 Å². The zero-order valence-corrected chi connectivity index (χ0v) is 12.5. The molecule has 0 spiro atoms. The van der Waals surface area contributed by atoms with Gasteiger partial charge >= 0.3 is 0 Å². The molecule has 4 heteroatoms. The predicted octanol–water partition coefficient (Wildman–Crippen LogP) is 4.72. The molecule has 2 aromatic carbocycles. The minimum Gasteiger partial charge on any atom is -0.494 e. The van der Waals surface area contributed by atoms with E-state index in [1.807, 2.05) is 24.3 Å². The van der Waals surface area contributed by atoms with E-state index in [1.165, 1.54) is 24.8 Å². The molecule has 0 aromatic heterocycles. The number of ether oxygens (including phenoxy) is 2. The normalized spacial score (nSPS) is 12.0. The first kappa shape index (κ1) is 15.2. The highest BCUT2D eigenvalue weighted by Gasteiger charge is 2.10. The van der Waals surface area contributed by atoms with E-state index in [2.05, 4.69) is 13.8 Å². The van der Waals surface area contributed by atoms with Gasteiger partial charge in [-0.15, -0.1) is 0 Å². The first-order valence-corrected chi connectivity index (χ1v) is 6.96. The Labute approximate surface area is 124 Å². The van der Waals surface area contributed by atoms with Gasteiger partial charge in [0.25, 0.3) is 0 Å². The number of nitrogen functional groups attached to an aromatic ring is 1. The van der Waals surface area contributed by atoms with E-state index in [9.17, 15) is 4.39 Å². The van der Waals surface area contributed by atoms with E-state index >= 15 is 0 Å². The Morgan fingerprint density at radius 3 is 2.38 bits per heavy atom. The molecular weight excluding hydrogens is 269 g/mol. The van der Waals surface area contributed by atoms with Gasteiger partial charge in [-0.25, -0.2) is 4.39 Å². The van der Waals surface area contributed by atoms with E-state index < -0.39 is 5.82 Å². The van der Waals surface area contributed by atoms with Crippen LogP contribution < -0.4 is 15.2 Å². The lowest BCUT2D eigenvalue weighted by molar-refractivity contribution is 0.382. The molecule has 1 atom stereocenters. The van der Waals surface area contributed by atoms with Crippen LogP contribution in [0.4, 0.5) is 10.1 Å². The Kier molecular flexibility index (Phi) is 4.68. The quantitative estimate of drug-likeness (QED) is 0.810. The molecule has 1 unspecified atom stereocenters. The van der Waals surface area contributed by atoms with E-state index in [0.29, 0.717) is 17.4 Å². The molecule has 0 fully saturated rings. The summed E-state index contributed by atoms with van der Waals surface area (Å²) < 4.78 is 24.1. The van der Waals surface area contributed by atoms with Crippen molar-refractivity contribution in [3.05, 3.63) is 47.8 Å². The molecule has 0 saturated heterocycles. The van der Waals surface area contributed by atoms with Gasteiger partial charge in [0.15, 0.2) is 17.3 Å². The third kappa shape index (κ3) is 3.45. The lowest BCUT2D eigenvalue weighted by Crippen LogP contribution is -1.97. The Bertz CT molecular complexity index is 611. The molecule has 2 aromatic rings. The molecule has 0 aliphatic heterocycles. The van der Waals surface area contributed by atoms with Crippen molar-refractivity contribution in [3.63, 3.8) is 0 Å². The van der Waals surface area contributed by atoms with Crippen LogP contribution in [0, 0.1) is 5.82 Å². The van der Waals surface area contributed by atoms with Gasteiger partial charge in [0.1, 0.15) is 5.75 Å². The standard InChI is InChI=1S/C17H20FNO2/c1-4-11(2)12-5-7-13(8-6-12)21-17-10-16(20-3)14(18)9-15(17)19/h5-11H,4,19H2,1-3H3. The number of hydrogen-bond acceptors (Lipinski definition) is 3. The molecule has 2 N–H and O–H groups in total. The average Bonchev–Trinajstić information content (AvgIpc) is 2.50. The van der Waals surface area contributed by atoms with Crippen LogP contribution in [0.15, 0.2) is 36.4 Å². The van der Waals surface area contributed by atoms with Crippen LogP contribution >= 0.6 is 0 Å². The molecule has 0 radical (unpaired) electrons. The van der Waals surface area contributed by atoms with Crippen molar-refractivity contribution in [2.75, 3.05) is 12.8 Å². The van der Waals surface area contributed by atoms with Crippen molar-refractivity contribution in [1.82, 2.24) is 0 Å². The molecule has 21 heavy (non-hydrogen) atoms. The van der Waals surface area contributed by atoms with Crippen LogP contribution in [-0.2, 0) is 0 Å². The summed E-state index contributed by atoms with van der Waals surface area (Å²) in [5.74, 6) is 1.15. The van der Waals surface area contributed by atoms with Gasteiger partial charge in [0, 0.05) is 12.1 Å². The topological polar surface area (TPSA) is 44.5 Å². The molecule has 0 aliphatic carbocycles. The maximum Gasteiger partial charge on any atom is 0.167 e. The van der Waals surface area contributed by atoms with Gasteiger partial charge in [0.05, 0.1) is 12.8 Å². The molecule has 0 bridgehead atoms. The summed E-state index contributed by atoms with van der Waals surface area (Å²) >= 11 is 0. The SMILES string of the molecule is CCC(C)c1ccc(Oc2cc(OC)c(F)cc2N)cc1. The van der Waals surface area contributed by atoms with Crippen LogP contribution in [0.2, 0.25) is 0 Å². The van der Waals surface area contributed by atoms with Crippen molar-refractivity contribution in [2.45, 2.75) is 26.2 Å². The highest BCUT2D eigenvalue weighted by molar-refractivity contribution is 5.57. The number of halogens is 1. The van der Waals surface area contributed by atoms with Crippen LogP contribution in [0.1, 0.15) is 31.7 Å². The second-order valence-corrected chi connectivity index (χ2v) is 5.00. The Hall–Kier alpha value is -2.23. The van der Waals surface area contributed by atoms with Gasteiger partial charge in [-0.05, 0) is 30.0 Å². The van der Waals surface area contributed by atoms with E-state index in [-0.39, 0.29) is 11.4 Å². The fourth-order valence-electron chi connectivity index (χ4n) is 2.02. The van der Waals surface area contributed by atoms with Gasteiger partial charge < -0.3 is 15.2 Å². The second-order valence-electron chi connectivity index (χ2n) is 5.00. The van der Waals surface area contributed by atoms with Crippen LogP contribution in [-0.4, -0.2) is 7.11 Å². The molecule has 0 aliphatic rings. The fourth-order valence-corrected chi connectivity index (χ4v) is 2.02. The molecule has 3 nitrogen and oxygen atoms in total. The lowest BCUT2D eigenvalue weighted by atomic mass is 9.99. The molecule has 112 valence electrons. The van der Waals surface area contributed by atoms with Crippen molar-refractivity contribution >= 4 is 5.69 Å². The predicted molar refractivity (Wildman–Crippen MR) is 82.6 cm³/mol. The molecule has 0 saturated carbocycles. The maximum atomic E-state index is 13.5. The summed E-state index contributed by atoms with van der Waals surface area (Å²) in [6.07, 6.45) is 1.09. The molecular formula is C17H20FNO2. The first-order valence-electron chi connectivity index (χ1n) is 6.96. The summed E-state index contributed by atoms with van der Waals surface area (Å²) in [6.45, 7) is 4.33. The van der Waals surface area contributed by atoms with Gasteiger partial charge in [0.2, 0.25) is 0 Å². The smallest absolute Gasteiger partial charge is 0.167 e. The summed E-state index contributed by atoms with van der Waals surface area (Å²) in [5.41, 5.74) is 7.27. The third-order valence-electron chi connectivity index (χ3n) is 3.57. The van der Waals surface area contributed by atoms with Crippen molar-refractivity contribution in [2.24, 2.45) is 0 Å². The summed E-state index contributed by atoms with van der Waals surface area (Å²) in [4.78, 5) is 0. The fraction of sp³-hybridized carbons (Fsp3) is 0.294. The largest absolute Gasteiger partial charge is 0.494 e. The van der Waals surface area contributed by atoms with E-state index in [4.69, 9.17) is 15.2 Å². The highest BCUT2D eigenvalue weighted by Crippen LogP contribution is 2.33. The van der Waals surface area contributed by atoms with Crippen molar-refractivity contribution in [3.8, 4) is 17.2 Å². The van der Waals surface area contributed by atoms with Crippen LogP contribution in [0.5, 0.6) is 17.2 Å². The summed E-state index contributed by atoms with van der Waals surface area (Å²) in [6, 6.07) is 10.5. The highest BCUT2D eigenvalue weighted by atomic mass is 19.1. The molecule has 0 heterocycles. The van der Waals surface area contributed by atoms with Crippen molar-refractivity contribution in [1.29, 1.82) is 0 Å². The molecule has 2 rings (SSSR count). The van der Waals surface area contributed by atoms with Crippen molar-refractivity contribution < 1.29 is 13.9 Å². The number of anilines is 1. The number of benzene rings is 2. The number of hydrogen-bond donors (Lipinski definition) is 1. The van der Waals surface area contributed by atoms with Gasteiger partial charge in [-0.2, -0.15) is 0 Å². The Morgan fingerprint density at radius 2 is 1.81 bits per heavy atom. The zero-order chi connectivity index (χ0) is 15.4. The monoisotopic (exact) mass is 289 g/mol. The molecule has 0 amide bonds. The van der Waals surface area contributed by atoms with Gasteiger partial charge in [-0.1, -0.05) is 26.0 Å². The Morgan fingerprint density at radius 1 is 1.14 bits per heavy atom. The minimum atomic E-state index is -0.505. The van der Waals surface area contributed by atoms with E-state index in [1.54, 1.807) is 0 Å².